The average Bonchev–Trinajstić information content (AvgIpc) is 2.59. The van der Waals surface area contributed by atoms with Crippen molar-refractivity contribution in [2.24, 2.45) is 0 Å². The van der Waals surface area contributed by atoms with E-state index in [1.54, 1.807) is 6.07 Å². The second kappa shape index (κ2) is 10.8. The van der Waals surface area contributed by atoms with Crippen LogP contribution in [0.3, 0.4) is 0 Å². The van der Waals surface area contributed by atoms with Gasteiger partial charge in [0.25, 0.3) is 0 Å². The van der Waals surface area contributed by atoms with Gasteiger partial charge in [0.2, 0.25) is 0 Å². The number of pyridine rings is 1. The van der Waals surface area contributed by atoms with Gasteiger partial charge in [-0.15, -0.1) is 24.8 Å². The molecule has 2 N–H and O–H groups in total. The van der Waals surface area contributed by atoms with Crippen molar-refractivity contribution in [2.75, 3.05) is 33.0 Å². The summed E-state index contributed by atoms with van der Waals surface area (Å²) in [6.45, 7) is 1.99. The van der Waals surface area contributed by atoms with Crippen LogP contribution in [0.15, 0.2) is 54.6 Å². The van der Waals surface area contributed by atoms with E-state index in [-0.39, 0.29) is 24.8 Å². The number of ether oxygens (including phenoxy) is 2. The summed E-state index contributed by atoms with van der Waals surface area (Å²) in [7, 11) is 4.05. The smallest absolute Gasteiger partial charge is 0.124 e. The van der Waals surface area contributed by atoms with Crippen LogP contribution in [-0.2, 0) is 6.61 Å². The van der Waals surface area contributed by atoms with Gasteiger partial charge in [-0.1, -0.05) is 18.2 Å². The molecule has 0 aliphatic heterocycles. The van der Waals surface area contributed by atoms with Crippen LogP contribution in [0.5, 0.6) is 11.5 Å². The summed E-state index contributed by atoms with van der Waals surface area (Å²) in [5.74, 6) is 2.11. The minimum absolute atomic E-state index is 0. The molecule has 0 bridgehead atoms. The first-order chi connectivity index (χ1) is 12.1. The Morgan fingerprint density at radius 2 is 1.63 bits per heavy atom. The lowest BCUT2D eigenvalue weighted by atomic mass is 10.1. The van der Waals surface area contributed by atoms with Gasteiger partial charge >= 0.3 is 0 Å². The number of benzene rings is 2. The molecule has 3 aromatic rings. The molecule has 7 heteroatoms. The molecule has 2 aromatic carbocycles. The number of nitrogens with zero attached hydrogens (tertiary/aromatic N) is 2. The Kier molecular flexibility index (Phi) is 9.15. The number of anilines is 1. The zero-order valence-corrected chi connectivity index (χ0v) is 17.1. The normalized spacial score (nSPS) is 10.2. The molecule has 0 aliphatic rings. The molecule has 5 nitrogen and oxygen atoms in total. The zero-order chi connectivity index (χ0) is 17.6. The highest BCUT2D eigenvalue weighted by Gasteiger charge is 2.02. The molecule has 0 radical (unpaired) electrons. The molecule has 0 spiro atoms. The maximum Gasteiger partial charge on any atom is 0.124 e. The third kappa shape index (κ3) is 6.79. The van der Waals surface area contributed by atoms with Crippen LogP contribution in [0.2, 0.25) is 0 Å². The number of rotatable bonds is 7. The molecule has 0 saturated carbocycles. The molecular formula is C20H25Cl2N3O2. The summed E-state index contributed by atoms with van der Waals surface area (Å²) in [4.78, 5) is 6.44. The van der Waals surface area contributed by atoms with Crippen LogP contribution >= 0.6 is 24.8 Å². The molecule has 1 aromatic heterocycles. The fourth-order valence-corrected chi connectivity index (χ4v) is 2.43. The largest absolute Gasteiger partial charge is 0.492 e. The highest BCUT2D eigenvalue weighted by Crippen LogP contribution is 2.21. The van der Waals surface area contributed by atoms with E-state index in [1.807, 2.05) is 62.6 Å². The molecule has 0 saturated heterocycles. The van der Waals surface area contributed by atoms with Crippen molar-refractivity contribution in [1.82, 2.24) is 9.88 Å². The number of nitrogens with two attached hydrogens (primary N) is 1. The van der Waals surface area contributed by atoms with E-state index < -0.39 is 0 Å². The van der Waals surface area contributed by atoms with Crippen molar-refractivity contribution in [3.8, 4) is 11.5 Å². The molecule has 3 rings (SSSR count). The van der Waals surface area contributed by atoms with Gasteiger partial charge in [-0.05, 0) is 50.0 Å². The number of nitrogen functional groups attached to an aromatic ring is 1. The number of aromatic nitrogens is 1. The summed E-state index contributed by atoms with van der Waals surface area (Å²) in [5, 5.41) is 1.06. The van der Waals surface area contributed by atoms with E-state index in [1.165, 1.54) is 0 Å². The monoisotopic (exact) mass is 409 g/mol. The van der Waals surface area contributed by atoms with E-state index in [9.17, 15) is 0 Å². The Hall–Kier alpha value is -2.21. The van der Waals surface area contributed by atoms with Gasteiger partial charge in [-0.3, -0.25) is 0 Å². The third-order valence-electron chi connectivity index (χ3n) is 3.80. The zero-order valence-electron chi connectivity index (χ0n) is 15.4. The quantitative estimate of drug-likeness (QED) is 0.633. The Balaban J connectivity index is 0.00000182. The first-order valence-electron chi connectivity index (χ1n) is 8.26. The van der Waals surface area contributed by atoms with Crippen LogP contribution < -0.4 is 15.2 Å². The van der Waals surface area contributed by atoms with E-state index in [2.05, 4.69) is 9.88 Å². The standard InChI is InChI=1S/C20H23N3O2.2ClH/c1-23(2)10-11-24-17-4-3-5-18(13-17)25-14-15-6-7-16-8-9-20(21)22-19(16)12-15;;/h3-9,12-13H,10-11,14H2,1-2H3,(H2,21,22);2*1H. The minimum Gasteiger partial charge on any atom is -0.492 e. The highest BCUT2D eigenvalue weighted by molar-refractivity contribution is 5.85. The molecule has 27 heavy (non-hydrogen) atoms. The summed E-state index contributed by atoms with van der Waals surface area (Å²) in [6, 6.07) is 17.6. The molecule has 0 amide bonds. The molecule has 0 atom stereocenters. The Morgan fingerprint density at radius 3 is 2.37 bits per heavy atom. The first kappa shape index (κ1) is 22.8. The van der Waals surface area contributed by atoms with Gasteiger partial charge in [0.15, 0.2) is 0 Å². The van der Waals surface area contributed by atoms with Crippen molar-refractivity contribution in [3.63, 3.8) is 0 Å². The lowest BCUT2D eigenvalue weighted by Gasteiger charge is -2.12. The summed E-state index contributed by atoms with van der Waals surface area (Å²) in [6.07, 6.45) is 0. The highest BCUT2D eigenvalue weighted by atomic mass is 35.5. The Bertz CT molecular complexity index is 860. The number of halogens is 2. The van der Waals surface area contributed by atoms with E-state index >= 15 is 0 Å². The van der Waals surface area contributed by atoms with Crippen molar-refractivity contribution < 1.29 is 9.47 Å². The topological polar surface area (TPSA) is 60.6 Å². The van der Waals surface area contributed by atoms with Crippen LogP contribution in [0, 0.1) is 0 Å². The fraction of sp³-hybridized carbons (Fsp3) is 0.250. The lowest BCUT2D eigenvalue weighted by molar-refractivity contribution is 0.258. The predicted molar refractivity (Wildman–Crippen MR) is 115 cm³/mol. The maximum atomic E-state index is 5.89. The van der Waals surface area contributed by atoms with Crippen molar-refractivity contribution >= 4 is 41.5 Å². The predicted octanol–water partition coefficient (Wildman–Crippen LogP) is 4.18. The summed E-state index contributed by atoms with van der Waals surface area (Å²) >= 11 is 0. The van der Waals surface area contributed by atoms with Crippen LogP contribution in [0.1, 0.15) is 5.56 Å². The van der Waals surface area contributed by atoms with Gasteiger partial charge < -0.3 is 20.1 Å². The van der Waals surface area contributed by atoms with Gasteiger partial charge in [-0.2, -0.15) is 0 Å². The van der Waals surface area contributed by atoms with Gasteiger partial charge in [0, 0.05) is 18.0 Å². The van der Waals surface area contributed by atoms with E-state index in [0.29, 0.717) is 19.0 Å². The molecule has 1 heterocycles. The molecule has 0 aliphatic carbocycles. The summed E-state index contributed by atoms with van der Waals surface area (Å²) in [5.41, 5.74) is 7.68. The second-order valence-electron chi connectivity index (χ2n) is 6.18. The number of hydrogen-bond donors (Lipinski definition) is 1. The number of fused-ring (bicyclic) bond motifs is 1. The second-order valence-corrected chi connectivity index (χ2v) is 6.18. The molecule has 0 fully saturated rings. The Morgan fingerprint density at radius 1 is 0.926 bits per heavy atom. The lowest BCUT2D eigenvalue weighted by Crippen LogP contribution is -2.19. The molecular weight excluding hydrogens is 385 g/mol. The summed E-state index contributed by atoms with van der Waals surface area (Å²) < 4.78 is 11.6. The van der Waals surface area contributed by atoms with Gasteiger partial charge in [0.1, 0.15) is 30.5 Å². The van der Waals surface area contributed by atoms with E-state index in [4.69, 9.17) is 15.2 Å². The maximum absolute atomic E-state index is 5.89. The molecule has 146 valence electrons. The molecule has 0 unspecified atom stereocenters. The SMILES string of the molecule is CN(C)CCOc1cccc(OCc2ccc3ccc(N)nc3c2)c1.Cl.Cl. The van der Waals surface area contributed by atoms with Crippen LogP contribution in [0.4, 0.5) is 5.82 Å². The minimum atomic E-state index is 0. The van der Waals surface area contributed by atoms with Crippen molar-refractivity contribution in [1.29, 1.82) is 0 Å². The number of hydrogen-bond acceptors (Lipinski definition) is 5. The number of likely N-dealkylation sites (N-methyl/N-ethyl adjacent to an activating group) is 1. The van der Waals surface area contributed by atoms with Crippen molar-refractivity contribution in [3.05, 3.63) is 60.2 Å². The van der Waals surface area contributed by atoms with Crippen LogP contribution in [-0.4, -0.2) is 37.1 Å². The van der Waals surface area contributed by atoms with Gasteiger partial charge in [0.05, 0.1) is 5.52 Å². The fourth-order valence-electron chi connectivity index (χ4n) is 2.43. The Labute approximate surface area is 172 Å². The van der Waals surface area contributed by atoms with Gasteiger partial charge in [-0.25, -0.2) is 4.98 Å². The third-order valence-corrected chi connectivity index (χ3v) is 3.80. The van der Waals surface area contributed by atoms with E-state index in [0.717, 1.165) is 34.5 Å². The van der Waals surface area contributed by atoms with Crippen molar-refractivity contribution in [2.45, 2.75) is 6.61 Å². The first-order valence-corrected chi connectivity index (χ1v) is 8.26. The average molecular weight is 410 g/mol. The van der Waals surface area contributed by atoms with Crippen LogP contribution in [0.25, 0.3) is 10.9 Å².